The molecule has 0 radical (unpaired) electrons. The molecule has 2 aromatic carbocycles. The van der Waals surface area contributed by atoms with E-state index in [1.807, 2.05) is 74.5 Å². The molecule has 3 rings (SSSR count). The molecule has 5 heteroatoms. The first-order chi connectivity index (χ1) is 13.2. The van der Waals surface area contributed by atoms with Crippen molar-refractivity contribution >= 4 is 17.3 Å². The maximum atomic E-state index is 12.5. The molecule has 0 bridgehead atoms. The second kappa shape index (κ2) is 8.85. The van der Waals surface area contributed by atoms with Gasteiger partial charge < -0.3 is 15.0 Å². The quantitative estimate of drug-likeness (QED) is 0.636. The molecule has 0 aliphatic rings. The van der Waals surface area contributed by atoms with Crippen molar-refractivity contribution in [2.45, 2.75) is 13.8 Å². The fourth-order valence-corrected chi connectivity index (χ4v) is 2.73. The Kier molecular flexibility index (Phi) is 6.05. The highest BCUT2D eigenvalue weighted by atomic mass is 16.5. The molecule has 1 heterocycles. The summed E-state index contributed by atoms with van der Waals surface area (Å²) in [6.45, 7) is 5.23. The summed E-state index contributed by atoms with van der Waals surface area (Å²) in [7, 11) is 0. The average molecular weight is 361 g/mol. The van der Waals surface area contributed by atoms with Crippen molar-refractivity contribution in [2.75, 3.05) is 18.4 Å². The average Bonchev–Trinajstić information content (AvgIpc) is 2.71. The van der Waals surface area contributed by atoms with E-state index in [1.165, 1.54) is 0 Å². The maximum Gasteiger partial charge on any atom is 0.272 e. The number of hydrogen-bond donors (Lipinski definition) is 1. The van der Waals surface area contributed by atoms with Gasteiger partial charge in [0, 0.05) is 25.0 Å². The Bertz CT molecular complexity index is 893. The van der Waals surface area contributed by atoms with E-state index in [-0.39, 0.29) is 5.91 Å². The number of amides is 1. The van der Waals surface area contributed by atoms with Gasteiger partial charge in [-0.25, -0.2) is 0 Å². The van der Waals surface area contributed by atoms with Gasteiger partial charge in [0.25, 0.3) is 5.91 Å². The first-order valence-electron chi connectivity index (χ1n) is 9.05. The maximum absolute atomic E-state index is 12.5. The van der Waals surface area contributed by atoms with Crippen LogP contribution in [-0.2, 0) is 0 Å². The minimum Gasteiger partial charge on any atom is -0.455 e. The van der Waals surface area contributed by atoms with Gasteiger partial charge >= 0.3 is 0 Å². The van der Waals surface area contributed by atoms with Crippen molar-refractivity contribution in [1.29, 1.82) is 0 Å². The number of aromatic nitrogens is 1. The Morgan fingerprint density at radius 3 is 2.44 bits per heavy atom. The van der Waals surface area contributed by atoms with Crippen LogP contribution in [0.2, 0.25) is 0 Å². The molecule has 1 aromatic heterocycles. The van der Waals surface area contributed by atoms with E-state index in [2.05, 4.69) is 10.3 Å². The SMILES string of the molecule is CCN(CC)C(=O)c1cc(Nc2ccccc2Oc2ccccc2)ccn1. The van der Waals surface area contributed by atoms with Crippen molar-refractivity contribution in [2.24, 2.45) is 0 Å². The summed E-state index contributed by atoms with van der Waals surface area (Å²) in [5.74, 6) is 1.40. The van der Waals surface area contributed by atoms with E-state index < -0.39 is 0 Å². The van der Waals surface area contributed by atoms with Crippen LogP contribution in [0.4, 0.5) is 11.4 Å². The lowest BCUT2D eigenvalue weighted by Crippen LogP contribution is -2.31. The number of carbonyl (C=O) groups is 1. The number of hydrogen-bond acceptors (Lipinski definition) is 4. The fourth-order valence-electron chi connectivity index (χ4n) is 2.73. The molecule has 1 amide bonds. The van der Waals surface area contributed by atoms with Gasteiger partial charge in [-0.15, -0.1) is 0 Å². The molecular formula is C22H23N3O2. The number of pyridine rings is 1. The van der Waals surface area contributed by atoms with Gasteiger partial charge in [-0.1, -0.05) is 30.3 Å². The van der Waals surface area contributed by atoms with Crippen LogP contribution in [-0.4, -0.2) is 28.9 Å². The zero-order valence-corrected chi connectivity index (χ0v) is 15.6. The van der Waals surface area contributed by atoms with E-state index in [4.69, 9.17) is 4.74 Å². The predicted molar refractivity (Wildman–Crippen MR) is 108 cm³/mol. The van der Waals surface area contributed by atoms with Crippen molar-refractivity contribution < 1.29 is 9.53 Å². The molecule has 0 unspecified atom stereocenters. The Labute approximate surface area is 159 Å². The monoisotopic (exact) mass is 361 g/mol. The number of benzene rings is 2. The third-order valence-corrected chi connectivity index (χ3v) is 4.17. The lowest BCUT2D eigenvalue weighted by molar-refractivity contribution is 0.0767. The molecule has 0 saturated carbocycles. The molecule has 138 valence electrons. The molecule has 0 atom stereocenters. The van der Waals surface area contributed by atoms with Crippen LogP contribution in [0.25, 0.3) is 0 Å². The number of anilines is 2. The standard InChI is InChI=1S/C22H23N3O2/c1-3-25(4-2)22(26)20-16-17(14-15-23-20)24-19-12-8-9-13-21(19)27-18-10-6-5-7-11-18/h5-16H,3-4H2,1-2H3,(H,23,24). The van der Waals surface area contributed by atoms with E-state index in [1.54, 1.807) is 17.2 Å². The third-order valence-electron chi connectivity index (χ3n) is 4.17. The predicted octanol–water partition coefficient (Wildman–Crippen LogP) is 5.10. The minimum absolute atomic E-state index is 0.0718. The van der Waals surface area contributed by atoms with Gasteiger partial charge in [-0.3, -0.25) is 9.78 Å². The van der Waals surface area contributed by atoms with E-state index in [0.717, 1.165) is 17.1 Å². The van der Waals surface area contributed by atoms with E-state index in [0.29, 0.717) is 24.5 Å². The van der Waals surface area contributed by atoms with Crippen molar-refractivity contribution in [3.63, 3.8) is 0 Å². The number of para-hydroxylation sites is 3. The molecule has 1 N–H and O–H groups in total. The number of rotatable bonds is 7. The summed E-state index contributed by atoms with van der Waals surface area (Å²) >= 11 is 0. The Balaban J connectivity index is 1.82. The van der Waals surface area contributed by atoms with Gasteiger partial charge in [0.2, 0.25) is 0 Å². The molecule has 5 nitrogen and oxygen atoms in total. The minimum atomic E-state index is -0.0718. The summed E-state index contributed by atoms with van der Waals surface area (Å²) < 4.78 is 5.98. The second-order valence-electron chi connectivity index (χ2n) is 5.94. The third kappa shape index (κ3) is 4.64. The summed E-state index contributed by atoms with van der Waals surface area (Å²) in [5, 5.41) is 3.33. The number of carbonyl (C=O) groups excluding carboxylic acids is 1. The van der Waals surface area contributed by atoms with Gasteiger partial charge in [-0.2, -0.15) is 0 Å². The number of nitrogens with one attached hydrogen (secondary N) is 1. The number of nitrogens with zero attached hydrogens (tertiary/aromatic N) is 2. The van der Waals surface area contributed by atoms with Crippen LogP contribution in [0.1, 0.15) is 24.3 Å². The van der Waals surface area contributed by atoms with Gasteiger partial charge in [-0.05, 0) is 50.2 Å². The van der Waals surface area contributed by atoms with Crippen LogP contribution < -0.4 is 10.1 Å². The van der Waals surface area contributed by atoms with Crippen molar-refractivity contribution in [1.82, 2.24) is 9.88 Å². The zero-order chi connectivity index (χ0) is 19.1. The summed E-state index contributed by atoms with van der Waals surface area (Å²) in [4.78, 5) is 18.5. The topological polar surface area (TPSA) is 54.5 Å². The van der Waals surface area contributed by atoms with Crippen LogP contribution in [0.3, 0.4) is 0 Å². The number of ether oxygens (including phenoxy) is 1. The smallest absolute Gasteiger partial charge is 0.272 e. The van der Waals surface area contributed by atoms with E-state index >= 15 is 0 Å². The molecule has 0 aliphatic heterocycles. The summed E-state index contributed by atoms with van der Waals surface area (Å²) in [5.41, 5.74) is 2.02. The first-order valence-corrected chi connectivity index (χ1v) is 9.05. The molecular weight excluding hydrogens is 338 g/mol. The van der Waals surface area contributed by atoms with Gasteiger partial charge in [0.05, 0.1) is 5.69 Å². The van der Waals surface area contributed by atoms with Crippen LogP contribution in [0.15, 0.2) is 72.9 Å². The molecule has 0 saturated heterocycles. The lowest BCUT2D eigenvalue weighted by Gasteiger charge is -2.18. The van der Waals surface area contributed by atoms with Crippen LogP contribution in [0.5, 0.6) is 11.5 Å². The Hall–Kier alpha value is -3.34. The molecule has 0 fully saturated rings. The highest BCUT2D eigenvalue weighted by molar-refractivity contribution is 5.93. The first kappa shape index (κ1) is 18.5. The summed E-state index contributed by atoms with van der Waals surface area (Å²) in [6, 6.07) is 20.9. The fraction of sp³-hybridized carbons (Fsp3) is 0.182. The largest absolute Gasteiger partial charge is 0.455 e. The lowest BCUT2D eigenvalue weighted by atomic mass is 10.2. The van der Waals surface area contributed by atoms with E-state index in [9.17, 15) is 4.79 Å². The van der Waals surface area contributed by atoms with Crippen LogP contribution in [0, 0.1) is 0 Å². The Morgan fingerprint density at radius 1 is 1.00 bits per heavy atom. The Morgan fingerprint density at radius 2 is 1.70 bits per heavy atom. The normalized spacial score (nSPS) is 10.3. The van der Waals surface area contributed by atoms with Crippen molar-refractivity contribution in [3.8, 4) is 11.5 Å². The summed E-state index contributed by atoms with van der Waals surface area (Å²) in [6.07, 6.45) is 1.64. The second-order valence-corrected chi connectivity index (χ2v) is 5.94. The molecule has 3 aromatic rings. The molecule has 0 aliphatic carbocycles. The van der Waals surface area contributed by atoms with Crippen molar-refractivity contribution in [3.05, 3.63) is 78.6 Å². The zero-order valence-electron chi connectivity index (χ0n) is 15.6. The van der Waals surface area contributed by atoms with Gasteiger partial charge in [0.1, 0.15) is 11.4 Å². The highest BCUT2D eigenvalue weighted by Crippen LogP contribution is 2.31. The molecule has 0 spiro atoms. The van der Waals surface area contributed by atoms with Crippen LogP contribution >= 0.6 is 0 Å². The van der Waals surface area contributed by atoms with Gasteiger partial charge in [0.15, 0.2) is 5.75 Å². The molecule has 27 heavy (non-hydrogen) atoms. The highest BCUT2D eigenvalue weighted by Gasteiger charge is 2.14.